The first-order valence-electron chi connectivity index (χ1n) is 7.83. The highest BCUT2D eigenvalue weighted by atomic mass is 32.1. The molecule has 1 aliphatic rings. The second-order valence-electron chi connectivity index (χ2n) is 5.68. The Morgan fingerprint density at radius 2 is 2.00 bits per heavy atom. The summed E-state index contributed by atoms with van der Waals surface area (Å²) in [5.41, 5.74) is 2.29. The van der Waals surface area contributed by atoms with Crippen molar-refractivity contribution in [2.24, 2.45) is 0 Å². The highest BCUT2D eigenvalue weighted by molar-refractivity contribution is 7.80. The standard InChI is InChI=1S/C18H19N3O2S/c1-23-17(22)15-4-2-3-5-16(15)20-18(24)21(14-6-7-14)12-13-8-10-19-11-9-13/h2-5,8-11,14H,6-7,12H2,1H3,(H,20,24). The summed E-state index contributed by atoms with van der Waals surface area (Å²) in [6.07, 6.45) is 5.82. The first-order chi connectivity index (χ1) is 11.7. The fourth-order valence-corrected chi connectivity index (χ4v) is 2.83. The van der Waals surface area contributed by atoms with Gasteiger partial charge in [0.25, 0.3) is 0 Å². The van der Waals surface area contributed by atoms with Gasteiger partial charge in [0.2, 0.25) is 0 Å². The molecular weight excluding hydrogens is 322 g/mol. The zero-order valence-electron chi connectivity index (χ0n) is 13.4. The number of nitrogens with one attached hydrogen (secondary N) is 1. The summed E-state index contributed by atoms with van der Waals surface area (Å²) in [5.74, 6) is -0.381. The van der Waals surface area contributed by atoms with Crippen LogP contribution in [0.1, 0.15) is 28.8 Å². The van der Waals surface area contributed by atoms with E-state index in [1.165, 1.54) is 7.11 Å². The lowest BCUT2D eigenvalue weighted by Gasteiger charge is -2.26. The van der Waals surface area contributed by atoms with E-state index in [0.717, 1.165) is 24.9 Å². The molecule has 1 saturated carbocycles. The Morgan fingerprint density at radius 1 is 1.29 bits per heavy atom. The summed E-state index contributed by atoms with van der Waals surface area (Å²) in [6, 6.07) is 11.6. The zero-order chi connectivity index (χ0) is 16.9. The molecule has 2 aromatic rings. The Morgan fingerprint density at radius 3 is 2.67 bits per heavy atom. The van der Waals surface area contributed by atoms with Crippen LogP contribution in [0.25, 0.3) is 0 Å². The van der Waals surface area contributed by atoms with Crippen molar-refractivity contribution < 1.29 is 9.53 Å². The van der Waals surface area contributed by atoms with Crippen molar-refractivity contribution in [2.75, 3.05) is 12.4 Å². The molecule has 0 atom stereocenters. The lowest BCUT2D eigenvalue weighted by atomic mass is 10.2. The topological polar surface area (TPSA) is 54.5 Å². The van der Waals surface area contributed by atoms with Crippen molar-refractivity contribution in [1.82, 2.24) is 9.88 Å². The minimum atomic E-state index is -0.381. The van der Waals surface area contributed by atoms with E-state index in [0.29, 0.717) is 22.4 Å². The van der Waals surface area contributed by atoms with Gasteiger partial charge in [0.05, 0.1) is 18.4 Å². The van der Waals surface area contributed by atoms with Gasteiger partial charge in [0.1, 0.15) is 0 Å². The molecule has 0 radical (unpaired) electrons. The van der Waals surface area contributed by atoms with Crippen LogP contribution in [0.4, 0.5) is 5.69 Å². The van der Waals surface area contributed by atoms with Gasteiger partial charge in [-0.1, -0.05) is 12.1 Å². The molecule has 3 rings (SSSR count). The average molecular weight is 341 g/mol. The molecule has 124 valence electrons. The molecule has 0 spiro atoms. The lowest BCUT2D eigenvalue weighted by molar-refractivity contribution is 0.0602. The molecule has 1 fully saturated rings. The fraction of sp³-hybridized carbons (Fsp3) is 0.278. The Balaban J connectivity index is 1.76. The van der Waals surface area contributed by atoms with E-state index < -0.39 is 0 Å². The maximum atomic E-state index is 11.9. The van der Waals surface area contributed by atoms with Crippen molar-refractivity contribution in [3.63, 3.8) is 0 Å². The number of ether oxygens (including phenoxy) is 1. The van der Waals surface area contributed by atoms with E-state index in [1.807, 2.05) is 24.3 Å². The van der Waals surface area contributed by atoms with E-state index in [4.69, 9.17) is 17.0 Å². The molecule has 1 heterocycles. The number of rotatable bonds is 5. The first kappa shape index (κ1) is 16.4. The lowest BCUT2D eigenvalue weighted by Crippen LogP contribution is -2.36. The molecule has 0 bridgehead atoms. The number of hydrogen-bond donors (Lipinski definition) is 1. The monoisotopic (exact) mass is 341 g/mol. The number of aromatic nitrogens is 1. The molecule has 1 aromatic heterocycles. The van der Waals surface area contributed by atoms with Gasteiger partial charge in [-0.15, -0.1) is 0 Å². The molecule has 6 heteroatoms. The molecule has 1 N–H and O–H groups in total. The SMILES string of the molecule is COC(=O)c1ccccc1NC(=S)N(Cc1ccncc1)C1CC1. The molecule has 1 aromatic carbocycles. The van der Waals surface area contributed by atoms with Gasteiger partial charge in [-0.05, 0) is 54.9 Å². The van der Waals surface area contributed by atoms with Crippen LogP contribution in [0.3, 0.4) is 0 Å². The first-order valence-corrected chi connectivity index (χ1v) is 8.23. The van der Waals surface area contributed by atoms with Gasteiger partial charge in [-0.3, -0.25) is 4.98 Å². The van der Waals surface area contributed by atoms with Crippen LogP contribution in [-0.2, 0) is 11.3 Å². The van der Waals surface area contributed by atoms with Crippen LogP contribution < -0.4 is 5.32 Å². The molecule has 24 heavy (non-hydrogen) atoms. The number of esters is 1. The molecule has 0 amide bonds. The van der Waals surface area contributed by atoms with Crippen LogP contribution in [-0.4, -0.2) is 34.1 Å². The minimum Gasteiger partial charge on any atom is -0.465 e. The van der Waals surface area contributed by atoms with E-state index in [2.05, 4.69) is 15.2 Å². The molecule has 5 nitrogen and oxygen atoms in total. The second kappa shape index (κ2) is 7.40. The molecule has 0 saturated heterocycles. The van der Waals surface area contributed by atoms with Crippen molar-refractivity contribution in [1.29, 1.82) is 0 Å². The number of thiocarbonyl (C=S) groups is 1. The maximum Gasteiger partial charge on any atom is 0.339 e. The van der Waals surface area contributed by atoms with Gasteiger partial charge in [-0.25, -0.2) is 4.79 Å². The number of hydrogen-bond acceptors (Lipinski definition) is 4. The maximum absolute atomic E-state index is 11.9. The smallest absolute Gasteiger partial charge is 0.339 e. The Labute approximate surface area is 146 Å². The third-order valence-electron chi connectivity index (χ3n) is 3.92. The number of para-hydroxylation sites is 1. The zero-order valence-corrected chi connectivity index (χ0v) is 14.3. The highest BCUT2D eigenvalue weighted by Crippen LogP contribution is 2.29. The fourth-order valence-electron chi connectivity index (χ4n) is 2.50. The van der Waals surface area contributed by atoms with Crippen molar-refractivity contribution in [3.8, 4) is 0 Å². The van der Waals surface area contributed by atoms with Crippen LogP contribution in [0.5, 0.6) is 0 Å². The highest BCUT2D eigenvalue weighted by Gasteiger charge is 2.31. The second-order valence-corrected chi connectivity index (χ2v) is 6.07. The predicted octanol–water partition coefficient (Wildman–Crippen LogP) is 3.23. The third-order valence-corrected chi connectivity index (χ3v) is 4.26. The predicted molar refractivity (Wildman–Crippen MR) is 96.8 cm³/mol. The largest absolute Gasteiger partial charge is 0.465 e. The summed E-state index contributed by atoms with van der Waals surface area (Å²) < 4.78 is 4.83. The number of methoxy groups -OCH3 is 1. The number of carbonyl (C=O) groups is 1. The van der Waals surface area contributed by atoms with Gasteiger partial charge < -0.3 is 15.0 Å². The normalized spacial score (nSPS) is 13.2. The van der Waals surface area contributed by atoms with Crippen molar-refractivity contribution in [3.05, 3.63) is 59.9 Å². The van der Waals surface area contributed by atoms with E-state index in [-0.39, 0.29) is 5.97 Å². The number of benzene rings is 1. The molecular formula is C18H19N3O2S. The summed E-state index contributed by atoms with van der Waals surface area (Å²) in [4.78, 5) is 18.1. The summed E-state index contributed by atoms with van der Waals surface area (Å²) in [5, 5.41) is 3.82. The third kappa shape index (κ3) is 3.89. The molecule has 0 unspecified atom stereocenters. The Kier molecular flexibility index (Phi) is 5.05. The number of pyridine rings is 1. The van der Waals surface area contributed by atoms with E-state index >= 15 is 0 Å². The van der Waals surface area contributed by atoms with Gasteiger partial charge in [0, 0.05) is 25.0 Å². The van der Waals surface area contributed by atoms with Crippen LogP contribution >= 0.6 is 12.2 Å². The van der Waals surface area contributed by atoms with Gasteiger partial charge in [0.15, 0.2) is 5.11 Å². The molecule has 0 aliphatic heterocycles. The van der Waals surface area contributed by atoms with Crippen LogP contribution in [0.2, 0.25) is 0 Å². The quantitative estimate of drug-likeness (QED) is 0.666. The number of nitrogens with zero attached hydrogens (tertiary/aromatic N) is 2. The molecule has 1 aliphatic carbocycles. The van der Waals surface area contributed by atoms with Gasteiger partial charge in [-0.2, -0.15) is 0 Å². The average Bonchev–Trinajstić information content (AvgIpc) is 3.45. The van der Waals surface area contributed by atoms with Crippen molar-refractivity contribution in [2.45, 2.75) is 25.4 Å². The number of carbonyl (C=O) groups excluding carboxylic acids is 1. The van der Waals surface area contributed by atoms with E-state index in [1.54, 1.807) is 24.5 Å². The summed E-state index contributed by atoms with van der Waals surface area (Å²) in [6.45, 7) is 0.722. The van der Waals surface area contributed by atoms with Gasteiger partial charge >= 0.3 is 5.97 Å². The number of anilines is 1. The Hall–Kier alpha value is -2.47. The Bertz CT molecular complexity index is 732. The summed E-state index contributed by atoms with van der Waals surface area (Å²) >= 11 is 5.60. The van der Waals surface area contributed by atoms with Crippen LogP contribution in [0, 0.1) is 0 Å². The summed E-state index contributed by atoms with van der Waals surface area (Å²) in [7, 11) is 1.37. The minimum absolute atomic E-state index is 0.381. The van der Waals surface area contributed by atoms with Crippen molar-refractivity contribution >= 4 is 29.0 Å². The van der Waals surface area contributed by atoms with E-state index in [9.17, 15) is 4.79 Å². The van der Waals surface area contributed by atoms with Crippen LogP contribution in [0.15, 0.2) is 48.8 Å².